The van der Waals surface area contributed by atoms with Crippen molar-refractivity contribution in [2.75, 3.05) is 12.9 Å². The fourth-order valence-corrected chi connectivity index (χ4v) is 5.27. The van der Waals surface area contributed by atoms with Crippen molar-refractivity contribution in [3.05, 3.63) is 90.0 Å². The van der Waals surface area contributed by atoms with E-state index in [1.165, 1.54) is 16.7 Å². The van der Waals surface area contributed by atoms with Crippen molar-refractivity contribution in [3.8, 4) is 16.9 Å². The van der Waals surface area contributed by atoms with Gasteiger partial charge in [-0.2, -0.15) is 0 Å². The molecule has 1 amide bonds. The van der Waals surface area contributed by atoms with Crippen LogP contribution in [0.1, 0.15) is 11.1 Å². The van der Waals surface area contributed by atoms with Gasteiger partial charge in [0.25, 0.3) is 0 Å². The number of hydrogen-bond acceptors (Lipinski definition) is 5. The molecule has 7 heteroatoms. The number of methoxy groups -OCH3 is 1. The number of carboxylic acids is 1. The predicted molar refractivity (Wildman–Crippen MR) is 137 cm³/mol. The highest BCUT2D eigenvalue weighted by molar-refractivity contribution is 7.99. The van der Waals surface area contributed by atoms with Gasteiger partial charge in [0.15, 0.2) is 0 Å². The van der Waals surface area contributed by atoms with Gasteiger partial charge < -0.3 is 14.7 Å². The Balaban J connectivity index is 1.43. The van der Waals surface area contributed by atoms with E-state index >= 15 is 0 Å². The number of aliphatic carboxylic acids is 1. The van der Waals surface area contributed by atoms with Gasteiger partial charge in [-0.15, -0.1) is 0 Å². The molecule has 1 aliphatic heterocycles. The monoisotopic (exact) mass is 484 g/mol. The van der Waals surface area contributed by atoms with Crippen molar-refractivity contribution in [1.29, 1.82) is 0 Å². The average molecular weight is 485 g/mol. The summed E-state index contributed by atoms with van der Waals surface area (Å²) < 4.78 is 5.39. The molecule has 176 valence electrons. The summed E-state index contributed by atoms with van der Waals surface area (Å²) in [5.41, 5.74) is 4.82. The number of benzene rings is 3. The summed E-state index contributed by atoms with van der Waals surface area (Å²) in [5.74, 6) is -0.396. The fourth-order valence-electron chi connectivity index (χ4n) is 4.47. The third kappa shape index (κ3) is 4.72. The molecule has 1 aromatic heterocycles. The lowest BCUT2D eigenvalue weighted by Crippen LogP contribution is -2.49. The number of ether oxygens (including phenoxy) is 1. The number of pyridine rings is 1. The van der Waals surface area contributed by atoms with Crippen LogP contribution < -0.4 is 4.74 Å². The van der Waals surface area contributed by atoms with Gasteiger partial charge in [-0.3, -0.25) is 4.79 Å². The number of nitrogens with zero attached hydrogens (tertiary/aromatic N) is 2. The first kappa shape index (κ1) is 22.9. The number of amides is 1. The van der Waals surface area contributed by atoms with Gasteiger partial charge in [-0.25, -0.2) is 9.78 Å². The van der Waals surface area contributed by atoms with Gasteiger partial charge in [0, 0.05) is 24.4 Å². The van der Waals surface area contributed by atoms with E-state index in [0.717, 1.165) is 33.2 Å². The summed E-state index contributed by atoms with van der Waals surface area (Å²) in [6.07, 6.45) is 0.314. The van der Waals surface area contributed by atoms with Crippen LogP contribution in [0.5, 0.6) is 5.75 Å². The highest BCUT2D eigenvalue weighted by Crippen LogP contribution is 2.34. The molecule has 3 aromatic carbocycles. The SMILES string of the molecule is COc1ccc2c(-c3ccccc3)cc(SCC(=O)N3Cc4ccccc4C[C@@H]3C(=O)O)nc2c1. The maximum atomic E-state index is 13.2. The number of carboxylic acid groups (broad SMARTS) is 1. The van der Waals surface area contributed by atoms with Crippen molar-refractivity contribution in [2.24, 2.45) is 0 Å². The Bertz CT molecular complexity index is 1410. The lowest BCUT2D eigenvalue weighted by molar-refractivity contribution is -0.150. The van der Waals surface area contributed by atoms with E-state index in [2.05, 4.69) is 0 Å². The van der Waals surface area contributed by atoms with Crippen molar-refractivity contribution < 1.29 is 19.4 Å². The summed E-state index contributed by atoms with van der Waals surface area (Å²) in [5, 5.41) is 11.5. The van der Waals surface area contributed by atoms with Crippen LogP contribution in [0.3, 0.4) is 0 Å². The van der Waals surface area contributed by atoms with E-state index in [-0.39, 0.29) is 11.7 Å². The zero-order chi connectivity index (χ0) is 24.4. The van der Waals surface area contributed by atoms with Crippen LogP contribution in [-0.4, -0.2) is 45.8 Å². The van der Waals surface area contributed by atoms with E-state index in [9.17, 15) is 14.7 Å². The number of rotatable bonds is 6. The molecule has 2 heterocycles. The fraction of sp³-hybridized carbons (Fsp3) is 0.179. The molecule has 4 aromatic rings. The lowest BCUT2D eigenvalue weighted by atomic mass is 9.94. The molecule has 1 aliphatic rings. The predicted octanol–water partition coefficient (Wildman–Crippen LogP) is 5.04. The minimum atomic E-state index is -0.986. The first-order valence-electron chi connectivity index (χ1n) is 11.3. The van der Waals surface area contributed by atoms with Crippen LogP contribution in [0.4, 0.5) is 0 Å². The number of carbonyl (C=O) groups is 2. The Morgan fingerprint density at radius 2 is 1.77 bits per heavy atom. The Morgan fingerprint density at radius 3 is 2.51 bits per heavy atom. The standard InChI is InChI=1S/C28H24N2O4S/c1-34-21-11-12-22-23(18-7-3-2-4-8-18)15-26(29-24(22)14-21)35-17-27(31)30-16-20-10-6-5-9-19(20)13-25(30)28(32)33/h2-12,14-15,25H,13,16-17H2,1H3,(H,32,33)/t25-/m1/s1. The van der Waals surface area contributed by atoms with Gasteiger partial charge in [0.2, 0.25) is 5.91 Å². The smallest absolute Gasteiger partial charge is 0.326 e. The Kier molecular flexibility index (Phi) is 6.42. The number of fused-ring (bicyclic) bond motifs is 2. The minimum absolute atomic E-state index is 0.0999. The van der Waals surface area contributed by atoms with Crippen LogP contribution >= 0.6 is 11.8 Å². The topological polar surface area (TPSA) is 79.7 Å². The van der Waals surface area contributed by atoms with E-state index in [1.54, 1.807) is 7.11 Å². The highest BCUT2D eigenvalue weighted by Gasteiger charge is 2.34. The summed E-state index contributed by atoms with van der Waals surface area (Å²) in [7, 11) is 1.62. The highest BCUT2D eigenvalue weighted by atomic mass is 32.2. The Morgan fingerprint density at radius 1 is 1.03 bits per heavy atom. The van der Waals surface area contributed by atoms with Gasteiger partial charge in [-0.1, -0.05) is 66.4 Å². The van der Waals surface area contributed by atoms with Crippen LogP contribution in [0.15, 0.2) is 83.9 Å². The van der Waals surface area contributed by atoms with E-state index in [0.29, 0.717) is 23.7 Å². The normalized spacial score (nSPS) is 15.0. The van der Waals surface area contributed by atoms with Crippen molar-refractivity contribution in [2.45, 2.75) is 24.0 Å². The van der Waals surface area contributed by atoms with Crippen LogP contribution in [-0.2, 0) is 22.6 Å². The molecular weight excluding hydrogens is 460 g/mol. The first-order chi connectivity index (χ1) is 17.0. The Hall–Kier alpha value is -3.84. The molecule has 0 spiro atoms. The molecule has 6 nitrogen and oxygen atoms in total. The quantitative estimate of drug-likeness (QED) is 0.386. The summed E-state index contributed by atoms with van der Waals surface area (Å²) in [4.78, 5) is 31.4. The molecule has 1 N–H and O–H groups in total. The zero-order valence-electron chi connectivity index (χ0n) is 19.2. The molecule has 35 heavy (non-hydrogen) atoms. The molecule has 0 radical (unpaired) electrons. The molecule has 0 aliphatic carbocycles. The summed E-state index contributed by atoms with van der Waals surface area (Å²) >= 11 is 1.32. The van der Waals surface area contributed by atoms with Gasteiger partial charge in [-0.05, 0) is 40.5 Å². The number of thioether (sulfide) groups is 1. The maximum absolute atomic E-state index is 13.2. The summed E-state index contributed by atoms with van der Waals surface area (Å²) in [6.45, 7) is 0.296. The molecule has 1 atom stereocenters. The Labute approximate surface area is 207 Å². The molecule has 0 unspecified atom stereocenters. The van der Waals surface area contributed by atoms with Gasteiger partial charge in [0.05, 0.1) is 23.4 Å². The van der Waals surface area contributed by atoms with E-state index < -0.39 is 12.0 Å². The largest absolute Gasteiger partial charge is 0.497 e. The van der Waals surface area contributed by atoms with Crippen molar-refractivity contribution >= 4 is 34.5 Å². The van der Waals surface area contributed by atoms with Crippen LogP contribution in [0.25, 0.3) is 22.0 Å². The molecule has 5 rings (SSSR count). The lowest BCUT2D eigenvalue weighted by Gasteiger charge is -2.34. The molecule has 0 saturated heterocycles. The van der Waals surface area contributed by atoms with Gasteiger partial charge in [0.1, 0.15) is 11.8 Å². The third-order valence-corrected chi connectivity index (χ3v) is 7.17. The number of aromatic nitrogens is 1. The number of carbonyl (C=O) groups excluding carboxylic acids is 1. The second-order valence-electron chi connectivity index (χ2n) is 8.39. The van der Waals surface area contributed by atoms with E-state index in [1.807, 2.05) is 78.9 Å². The van der Waals surface area contributed by atoms with Crippen molar-refractivity contribution in [1.82, 2.24) is 9.88 Å². The first-order valence-corrected chi connectivity index (χ1v) is 12.3. The second-order valence-corrected chi connectivity index (χ2v) is 9.39. The minimum Gasteiger partial charge on any atom is -0.497 e. The third-order valence-electron chi connectivity index (χ3n) is 6.28. The summed E-state index contributed by atoms with van der Waals surface area (Å²) in [6, 6.07) is 24.6. The average Bonchev–Trinajstić information content (AvgIpc) is 2.90. The molecule has 0 bridgehead atoms. The molecule has 0 fully saturated rings. The van der Waals surface area contributed by atoms with Gasteiger partial charge >= 0.3 is 5.97 Å². The van der Waals surface area contributed by atoms with E-state index in [4.69, 9.17) is 9.72 Å². The number of hydrogen-bond donors (Lipinski definition) is 1. The zero-order valence-corrected chi connectivity index (χ0v) is 20.0. The molecular formula is C28H24N2O4S. The van der Waals surface area contributed by atoms with Crippen LogP contribution in [0.2, 0.25) is 0 Å². The maximum Gasteiger partial charge on any atom is 0.326 e. The second kappa shape index (κ2) is 9.80. The van der Waals surface area contributed by atoms with Crippen LogP contribution in [0, 0.1) is 0 Å². The van der Waals surface area contributed by atoms with Crippen molar-refractivity contribution in [3.63, 3.8) is 0 Å². The molecule has 0 saturated carbocycles.